The van der Waals surface area contributed by atoms with Crippen molar-refractivity contribution in [3.05, 3.63) is 11.7 Å². The van der Waals surface area contributed by atoms with Crippen LogP contribution in [0.5, 0.6) is 0 Å². The lowest BCUT2D eigenvalue weighted by Crippen LogP contribution is -2.27. The van der Waals surface area contributed by atoms with E-state index in [0.29, 0.717) is 12.0 Å². The molecule has 3 rings (SSSR count). The molecular weight excluding hydrogens is 242 g/mol. The molecule has 19 heavy (non-hydrogen) atoms. The van der Waals surface area contributed by atoms with Gasteiger partial charge >= 0.3 is 0 Å². The van der Waals surface area contributed by atoms with Crippen LogP contribution >= 0.6 is 0 Å². The number of likely N-dealkylation sites (N-methyl/N-ethyl adjacent to an activating group) is 1. The lowest BCUT2D eigenvalue weighted by Gasteiger charge is -2.20. The Balaban J connectivity index is 1.62. The summed E-state index contributed by atoms with van der Waals surface area (Å²) in [4.78, 5) is 4.59. The van der Waals surface area contributed by atoms with Crippen LogP contribution in [0.3, 0.4) is 0 Å². The van der Waals surface area contributed by atoms with Gasteiger partial charge in [-0.25, -0.2) is 0 Å². The van der Waals surface area contributed by atoms with E-state index in [2.05, 4.69) is 15.5 Å². The van der Waals surface area contributed by atoms with Gasteiger partial charge in [0.1, 0.15) is 0 Å². The van der Waals surface area contributed by atoms with Crippen LogP contribution < -0.4 is 5.32 Å². The maximum Gasteiger partial charge on any atom is 0.231 e. The molecule has 0 aromatic carbocycles. The van der Waals surface area contributed by atoms with E-state index in [1.165, 1.54) is 25.7 Å². The van der Waals surface area contributed by atoms with Crippen molar-refractivity contribution < 1.29 is 9.26 Å². The summed E-state index contributed by atoms with van der Waals surface area (Å²) in [5.41, 5.74) is 0. The van der Waals surface area contributed by atoms with Crippen LogP contribution in [0.2, 0.25) is 0 Å². The number of rotatable bonds is 4. The van der Waals surface area contributed by atoms with Crippen molar-refractivity contribution in [1.29, 1.82) is 0 Å². The first-order chi connectivity index (χ1) is 9.36. The van der Waals surface area contributed by atoms with Gasteiger partial charge in [0.15, 0.2) is 5.82 Å². The number of hydrogen-bond donors (Lipinski definition) is 1. The van der Waals surface area contributed by atoms with Gasteiger partial charge < -0.3 is 14.6 Å². The van der Waals surface area contributed by atoms with Gasteiger partial charge in [0.2, 0.25) is 5.89 Å². The third-order valence-electron chi connectivity index (χ3n) is 4.37. The highest BCUT2D eigenvalue weighted by atomic mass is 16.5. The predicted molar refractivity (Wildman–Crippen MR) is 71.0 cm³/mol. The highest BCUT2D eigenvalue weighted by molar-refractivity contribution is 5.03. The summed E-state index contributed by atoms with van der Waals surface area (Å²) in [6, 6.07) is 0.485. The number of nitrogens with zero attached hydrogens (tertiary/aromatic N) is 2. The van der Waals surface area contributed by atoms with E-state index < -0.39 is 0 Å². The molecule has 3 atom stereocenters. The average molecular weight is 265 g/mol. The molecule has 0 radical (unpaired) electrons. The summed E-state index contributed by atoms with van der Waals surface area (Å²) in [6.07, 6.45) is 8.20. The van der Waals surface area contributed by atoms with Crippen molar-refractivity contribution >= 4 is 0 Å². The van der Waals surface area contributed by atoms with Crippen LogP contribution in [0.4, 0.5) is 0 Å². The first-order valence-corrected chi connectivity index (χ1v) is 7.48. The standard InChI is InChI=1S/C14H23N3O2/c1-15-12-7-4-6-11(12)14-16-13(17-19-14)9-10-5-2-3-8-18-10/h10-12,15H,2-9H2,1H3. The molecule has 1 saturated carbocycles. The van der Waals surface area contributed by atoms with Gasteiger partial charge in [-0.15, -0.1) is 0 Å². The Bertz CT molecular complexity index is 401. The first-order valence-electron chi connectivity index (χ1n) is 7.48. The Morgan fingerprint density at radius 3 is 2.95 bits per heavy atom. The minimum Gasteiger partial charge on any atom is -0.378 e. The second-order valence-corrected chi connectivity index (χ2v) is 5.67. The maximum absolute atomic E-state index is 5.72. The van der Waals surface area contributed by atoms with E-state index in [4.69, 9.17) is 9.26 Å². The Kier molecular flexibility index (Phi) is 4.13. The Hall–Kier alpha value is -0.940. The van der Waals surface area contributed by atoms with Gasteiger partial charge in [0.05, 0.1) is 12.0 Å². The third kappa shape index (κ3) is 2.98. The first kappa shape index (κ1) is 13.1. The zero-order valence-electron chi connectivity index (χ0n) is 11.6. The van der Waals surface area contributed by atoms with Crippen LogP contribution in [0.1, 0.15) is 56.2 Å². The summed E-state index contributed by atoms with van der Waals surface area (Å²) < 4.78 is 11.2. The van der Waals surface area contributed by atoms with Crippen LogP contribution in [0.25, 0.3) is 0 Å². The van der Waals surface area contributed by atoms with Gasteiger partial charge in [-0.3, -0.25) is 0 Å². The molecule has 0 spiro atoms. The maximum atomic E-state index is 5.72. The molecule has 1 saturated heterocycles. The van der Waals surface area contributed by atoms with Gasteiger partial charge in [-0.05, 0) is 39.2 Å². The van der Waals surface area contributed by atoms with E-state index in [0.717, 1.165) is 37.6 Å². The number of aromatic nitrogens is 2. The quantitative estimate of drug-likeness (QED) is 0.902. The topological polar surface area (TPSA) is 60.2 Å². The molecule has 0 amide bonds. The lowest BCUT2D eigenvalue weighted by atomic mass is 10.0. The molecule has 5 heteroatoms. The third-order valence-corrected chi connectivity index (χ3v) is 4.37. The largest absolute Gasteiger partial charge is 0.378 e. The molecule has 2 aliphatic rings. The van der Waals surface area contributed by atoms with E-state index >= 15 is 0 Å². The van der Waals surface area contributed by atoms with Crippen LogP contribution in [0.15, 0.2) is 4.52 Å². The molecule has 2 heterocycles. The Morgan fingerprint density at radius 1 is 1.21 bits per heavy atom. The number of ether oxygens (including phenoxy) is 1. The summed E-state index contributed by atoms with van der Waals surface area (Å²) in [5.74, 6) is 2.00. The molecule has 2 fully saturated rings. The van der Waals surface area contributed by atoms with Crippen molar-refractivity contribution in [2.75, 3.05) is 13.7 Å². The molecule has 1 aliphatic carbocycles. The summed E-state index contributed by atoms with van der Waals surface area (Å²) in [7, 11) is 2.01. The molecule has 106 valence electrons. The highest BCUT2D eigenvalue weighted by Crippen LogP contribution is 2.33. The zero-order chi connectivity index (χ0) is 13.1. The molecule has 1 aromatic rings. The van der Waals surface area contributed by atoms with E-state index in [9.17, 15) is 0 Å². The summed E-state index contributed by atoms with van der Waals surface area (Å²) in [6.45, 7) is 0.875. The van der Waals surface area contributed by atoms with Crippen molar-refractivity contribution in [3.63, 3.8) is 0 Å². The van der Waals surface area contributed by atoms with Crippen LogP contribution in [0, 0.1) is 0 Å². The fourth-order valence-corrected chi connectivity index (χ4v) is 3.27. The van der Waals surface area contributed by atoms with Gasteiger partial charge in [-0.1, -0.05) is 11.6 Å². The normalized spacial score (nSPS) is 31.7. The predicted octanol–water partition coefficient (Wildman–Crippen LogP) is 2.04. The molecule has 1 aromatic heterocycles. The minimum atomic E-state index is 0.280. The zero-order valence-corrected chi connectivity index (χ0v) is 11.6. The monoisotopic (exact) mass is 265 g/mol. The molecule has 1 aliphatic heterocycles. The minimum absolute atomic E-state index is 0.280. The SMILES string of the molecule is CNC1CCCC1c1nc(CC2CCCCO2)no1. The van der Waals surface area contributed by atoms with Crippen LogP contribution in [-0.2, 0) is 11.2 Å². The van der Waals surface area contributed by atoms with E-state index in [1.807, 2.05) is 7.05 Å². The molecule has 3 unspecified atom stereocenters. The van der Waals surface area contributed by atoms with Crippen molar-refractivity contribution in [3.8, 4) is 0 Å². The Labute approximate surface area is 114 Å². The Morgan fingerprint density at radius 2 is 2.16 bits per heavy atom. The van der Waals surface area contributed by atoms with E-state index in [-0.39, 0.29) is 6.10 Å². The van der Waals surface area contributed by atoms with E-state index in [1.54, 1.807) is 0 Å². The average Bonchev–Trinajstić information content (AvgIpc) is 3.07. The molecule has 5 nitrogen and oxygen atoms in total. The number of nitrogens with one attached hydrogen (secondary N) is 1. The lowest BCUT2D eigenvalue weighted by molar-refractivity contribution is 0.0153. The molecule has 0 bridgehead atoms. The summed E-state index contributed by atoms with van der Waals surface area (Å²) in [5, 5.41) is 7.48. The second-order valence-electron chi connectivity index (χ2n) is 5.67. The van der Waals surface area contributed by atoms with Gasteiger partial charge in [0, 0.05) is 19.1 Å². The summed E-state index contributed by atoms with van der Waals surface area (Å²) >= 11 is 0. The molecule has 1 N–H and O–H groups in total. The fraction of sp³-hybridized carbons (Fsp3) is 0.857. The fourth-order valence-electron chi connectivity index (χ4n) is 3.27. The van der Waals surface area contributed by atoms with Crippen molar-refractivity contribution in [2.45, 2.75) is 63.0 Å². The number of hydrogen-bond acceptors (Lipinski definition) is 5. The smallest absolute Gasteiger partial charge is 0.231 e. The van der Waals surface area contributed by atoms with Crippen molar-refractivity contribution in [2.24, 2.45) is 0 Å². The van der Waals surface area contributed by atoms with Crippen LogP contribution in [-0.4, -0.2) is 35.9 Å². The highest BCUT2D eigenvalue weighted by Gasteiger charge is 2.32. The molecular formula is C14H23N3O2. The second kappa shape index (κ2) is 6.01. The van der Waals surface area contributed by atoms with Crippen molar-refractivity contribution in [1.82, 2.24) is 15.5 Å². The van der Waals surface area contributed by atoms with Gasteiger partial charge in [-0.2, -0.15) is 4.98 Å². The van der Waals surface area contributed by atoms with Gasteiger partial charge in [0.25, 0.3) is 0 Å².